The SMILES string of the molecule is CN(CCOCCc1ccc(NC(=O)NCc2ccc3c(c2)CN(C2CCC(=O)N(CNC(=O)CNC(=O)C(Cc4ccccc4)NC(=O)CNC(=O)CNC(=O)CCCCCN4C(=O)CCC4=O)C2=O)C3=O)cc1Cl)C(=O)OC(C)(C)C. The lowest BCUT2D eigenvalue weighted by molar-refractivity contribution is -0.153. The third-order valence-corrected chi connectivity index (χ3v) is 13.9. The molecular formula is C57H72ClN11O14. The maximum Gasteiger partial charge on any atom is 0.410 e. The van der Waals surface area contributed by atoms with Gasteiger partial charge in [-0.15, -0.1) is 0 Å². The van der Waals surface area contributed by atoms with Crippen LogP contribution in [0, 0.1) is 0 Å². The number of unbranched alkanes of at least 4 members (excludes halogenated alkanes) is 2. The van der Waals surface area contributed by atoms with Crippen LogP contribution < -0.4 is 37.2 Å². The number of carbonyl (C=O) groups excluding carboxylic acids is 12. The maximum absolute atomic E-state index is 13.8. The van der Waals surface area contributed by atoms with Gasteiger partial charge in [-0.2, -0.15) is 0 Å². The molecule has 446 valence electrons. The van der Waals surface area contributed by atoms with E-state index in [-0.39, 0.29) is 63.4 Å². The van der Waals surface area contributed by atoms with E-state index in [1.54, 1.807) is 94.5 Å². The Balaban J connectivity index is 0.897. The number of carbonyl (C=O) groups is 12. The van der Waals surface area contributed by atoms with Gasteiger partial charge in [0.25, 0.3) is 11.8 Å². The highest BCUT2D eigenvalue weighted by molar-refractivity contribution is 6.31. The number of halogens is 1. The number of likely N-dealkylation sites (N-methyl/N-ethyl adjacent to an activating group) is 1. The number of likely N-dealkylation sites (tertiary alicyclic amines) is 2. The molecule has 2 unspecified atom stereocenters. The summed E-state index contributed by atoms with van der Waals surface area (Å²) in [5, 5.41) is 18.3. The van der Waals surface area contributed by atoms with Crippen molar-refractivity contribution in [2.45, 2.75) is 116 Å². The van der Waals surface area contributed by atoms with Gasteiger partial charge in [0.15, 0.2) is 0 Å². The molecule has 7 N–H and O–H groups in total. The van der Waals surface area contributed by atoms with E-state index in [2.05, 4.69) is 37.2 Å². The fraction of sp³-hybridized carbons (Fsp3) is 0.474. The van der Waals surface area contributed by atoms with Crippen LogP contribution in [0.3, 0.4) is 0 Å². The van der Waals surface area contributed by atoms with Gasteiger partial charge in [-0.1, -0.05) is 66.6 Å². The predicted octanol–water partition coefficient (Wildman–Crippen LogP) is 2.42. The number of hydrogen-bond acceptors (Lipinski definition) is 14. The van der Waals surface area contributed by atoms with Crippen molar-refractivity contribution in [2.75, 3.05) is 65.0 Å². The molecule has 83 heavy (non-hydrogen) atoms. The van der Waals surface area contributed by atoms with E-state index < -0.39 is 103 Å². The molecule has 2 saturated heterocycles. The molecule has 26 heteroatoms. The molecule has 6 rings (SSSR count). The lowest BCUT2D eigenvalue weighted by Gasteiger charge is -2.35. The van der Waals surface area contributed by atoms with Gasteiger partial charge in [-0.25, -0.2) is 9.59 Å². The van der Waals surface area contributed by atoms with Crippen molar-refractivity contribution < 1.29 is 67.0 Å². The molecule has 3 aromatic carbocycles. The number of hydrogen-bond donors (Lipinski definition) is 7. The first-order valence-corrected chi connectivity index (χ1v) is 27.8. The number of benzene rings is 3. The molecule has 3 aliphatic heterocycles. The Morgan fingerprint density at radius 2 is 1.41 bits per heavy atom. The number of fused-ring (bicyclic) bond motifs is 1. The number of piperidine rings is 1. The van der Waals surface area contributed by atoms with Crippen LogP contribution in [0.1, 0.15) is 105 Å². The van der Waals surface area contributed by atoms with Crippen LogP contribution in [0.4, 0.5) is 15.3 Å². The van der Waals surface area contributed by atoms with Crippen LogP contribution in [0.5, 0.6) is 0 Å². The number of amides is 13. The summed E-state index contributed by atoms with van der Waals surface area (Å²) in [6, 6.07) is 16.1. The van der Waals surface area contributed by atoms with Crippen molar-refractivity contribution in [3.63, 3.8) is 0 Å². The number of nitrogens with one attached hydrogen (secondary N) is 7. The van der Waals surface area contributed by atoms with Crippen molar-refractivity contribution in [3.8, 4) is 0 Å². The minimum atomic E-state index is -1.20. The first kappa shape index (κ1) is 63.7. The fourth-order valence-corrected chi connectivity index (χ4v) is 9.35. The second-order valence-corrected chi connectivity index (χ2v) is 21.5. The van der Waals surface area contributed by atoms with E-state index in [1.165, 1.54) is 14.7 Å². The fourth-order valence-electron chi connectivity index (χ4n) is 9.08. The highest BCUT2D eigenvalue weighted by Gasteiger charge is 2.43. The molecule has 3 aliphatic rings. The van der Waals surface area contributed by atoms with E-state index in [0.717, 1.165) is 10.5 Å². The Kier molecular flexibility index (Phi) is 23.5. The molecule has 0 saturated carbocycles. The van der Waals surface area contributed by atoms with Crippen LogP contribution >= 0.6 is 11.6 Å². The van der Waals surface area contributed by atoms with E-state index in [0.29, 0.717) is 85.0 Å². The zero-order valence-corrected chi connectivity index (χ0v) is 47.8. The van der Waals surface area contributed by atoms with E-state index in [1.807, 2.05) is 0 Å². The Bertz CT molecular complexity index is 2900. The zero-order valence-electron chi connectivity index (χ0n) is 47.0. The van der Waals surface area contributed by atoms with Gasteiger partial charge in [-0.3, -0.25) is 57.7 Å². The molecule has 0 aromatic heterocycles. The van der Waals surface area contributed by atoms with E-state index >= 15 is 0 Å². The van der Waals surface area contributed by atoms with Crippen LogP contribution in [-0.2, 0) is 78.6 Å². The quantitative estimate of drug-likeness (QED) is 0.0406. The van der Waals surface area contributed by atoms with Crippen LogP contribution in [0.15, 0.2) is 66.7 Å². The molecule has 0 aliphatic carbocycles. The summed E-state index contributed by atoms with van der Waals surface area (Å²) < 4.78 is 11.0. The number of anilines is 1. The van der Waals surface area contributed by atoms with Crippen molar-refractivity contribution in [2.24, 2.45) is 0 Å². The maximum atomic E-state index is 13.8. The van der Waals surface area contributed by atoms with Crippen LogP contribution in [-0.4, -0.2) is 168 Å². The highest BCUT2D eigenvalue weighted by atomic mass is 35.5. The number of imide groups is 2. The second-order valence-electron chi connectivity index (χ2n) is 21.1. The van der Waals surface area contributed by atoms with Crippen molar-refractivity contribution in [3.05, 3.63) is 99.6 Å². The summed E-state index contributed by atoms with van der Waals surface area (Å²) in [4.78, 5) is 158. The molecule has 13 amide bonds. The van der Waals surface area contributed by atoms with Gasteiger partial charge in [0.05, 0.1) is 32.8 Å². The molecule has 2 fully saturated rings. The average molecular weight is 1170 g/mol. The van der Waals surface area contributed by atoms with Gasteiger partial charge in [0, 0.05) is 81.6 Å². The summed E-state index contributed by atoms with van der Waals surface area (Å²) in [5.74, 6) is -5.41. The van der Waals surface area contributed by atoms with Crippen molar-refractivity contribution in [1.29, 1.82) is 0 Å². The second kappa shape index (κ2) is 30.6. The highest BCUT2D eigenvalue weighted by Crippen LogP contribution is 2.30. The predicted molar refractivity (Wildman–Crippen MR) is 300 cm³/mol. The average Bonchev–Trinajstić information content (AvgIpc) is 4.18. The summed E-state index contributed by atoms with van der Waals surface area (Å²) >= 11 is 6.51. The molecule has 3 aromatic rings. The van der Waals surface area contributed by atoms with E-state index in [9.17, 15) is 57.5 Å². The molecule has 0 radical (unpaired) electrons. The Labute approximate surface area is 485 Å². The van der Waals surface area contributed by atoms with Gasteiger partial charge in [0.2, 0.25) is 47.3 Å². The molecule has 0 bridgehead atoms. The number of rotatable bonds is 28. The minimum absolute atomic E-state index is 0.00815. The van der Waals surface area contributed by atoms with Gasteiger partial charge < -0.3 is 56.5 Å². The summed E-state index contributed by atoms with van der Waals surface area (Å²) in [6.45, 7) is 4.74. The van der Waals surface area contributed by atoms with Gasteiger partial charge in [0.1, 0.15) is 24.4 Å². The topological polar surface area (TPSA) is 320 Å². The minimum Gasteiger partial charge on any atom is -0.444 e. The Morgan fingerprint density at radius 3 is 2.13 bits per heavy atom. The summed E-state index contributed by atoms with van der Waals surface area (Å²) in [5.41, 5.74) is 2.97. The van der Waals surface area contributed by atoms with Crippen LogP contribution in [0.2, 0.25) is 5.02 Å². The third-order valence-electron chi connectivity index (χ3n) is 13.5. The smallest absolute Gasteiger partial charge is 0.410 e. The molecule has 2 atom stereocenters. The Morgan fingerprint density at radius 1 is 0.723 bits per heavy atom. The lowest BCUT2D eigenvalue weighted by atomic mass is 10.0. The lowest BCUT2D eigenvalue weighted by Crippen LogP contribution is -2.57. The van der Waals surface area contributed by atoms with Crippen LogP contribution in [0.25, 0.3) is 0 Å². The van der Waals surface area contributed by atoms with Crippen molar-refractivity contribution in [1.82, 2.24) is 51.5 Å². The Hall–Kier alpha value is -8.45. The third kappa shape index (κ3) is 19.9. The standard InChI is InChI=1S/C57H72ClN11O14/c1-57(2,3)83-56(81)66(4)24-26-82-25-22-38-15-16-40(29-42(38)58)64-55(80)62-30-37-14-17-41-39(27-37)34-68(53(41)78)44-18-19-51(76)69(54(44)79)35-63-47(72)32-61-52(77)43(28-36-11-7-5-8-12-36)65-48(73)33-60-46(71)31-59-45(70)13-9-6-10-23-67-49(74)20-21-50(67)75/h5,7-8,11-12,14-17,27,29,43-44H,6,9-10,13,18-26,28,30-35H2,1-4H3,(H,59,70)(H,60,71)(H,61,77)(H,63,72)(H,65,73)(H2,62,64,80). The number of urea groups is 1. The van der Waals surface area contributed by atoms with E-state index in [4.69, 9.17) is 21.1 Å². The number of ether oxygens (including phenoxy) is 2. The molecule has 25 nitrogen and oxygen atoms in total. The first-order valence-electron chi connectivity index (χ1n) is 27.4. The van der Waals surface area contributed by atoms with Crippen molar-refractivity contribution >= 4 is 88.5 Å². The molecule has 0 spiro atoms. The first-order chi connectivity index (χ1) is 39.5. The number of nitrogens with zero attached hydrogens (tertiary/aromatic N) is 4. The molecular weight excluding hydrogens is 1100 g/mol. The zero-order chi connectivity index (χ0) is 60.2. The summed E-state index contributed by atoms with van der Waals surface area (Å²) in [6.07, 6.45) is 2.18. The molecule has 3 heterocycles. The largest absolute Gasteiger partial charge is 0.444 e. The normalized spacial score (nSPS) is 15.3. The van der Waals surface area contributed by atoms with Gasteiger partial charge in [-0.05, 0) is 86.9 Å². The van der Waals surface area contributed by atoms with Gasteiger partial charge >= 0.3 is 12.1 Å². The monoisotopic (exact) mass is 1170 g/mol. The summed E-state index contributed by atoms with van der Waals surface area (Å²) in [7, 11) is 1.63.